The summed E-state index contributed by atoms with van der Waals surface area (Å²) in [6, 6.07) is 8.10. The molecule has 0 fully saturated rings. The van der Waals surface area contributed by atoms with E-state index < -0.39 is 0 Å². The predicted octanol–water partition coefficient (Wildman–Crippen LogP) is 4.16. The van der Waals surface area contributed by atoms with Crippen LogP contribution >= 0.6 is 31.9 Å². The Bertz CT molecular complexity index is 539. The van der Waals surface area contributed by atoms with Crippen molar-refractivity contribution in [2.24, 2.45) is 0 Å². The monoisotopic (exact) mass is 340 g/mol. The smallest absolute Gasteiger partial charge is 0.0868 e. The summed E-state index contributed by atoms with van der Waals surface area (Å²) in [5.41, 5.74) is 9.75. The fraction of sp³-hybridized carbons (Fsp3) is 0.0833. The first kappa shape index (κ1) is 11.6. The maximum atomic E-state index is 5.94. The number of hydrogen-bond acceptors (Lipinski definition) is 2. The summed E-state index contributed by atoms with van der Waals surface area (Å²) in [5, 5.41) is 0. The van der Waals surface area contributed by atoms with E-state index in [1.807, 2.05) is 18.2 Å². The molecule has 0 unspecified atom stereocenters. The summed E-state index contributed by atoms with van der Waals surface area (Å²) in [4.78, 5) is 4.40. The van der Waals surface area contributed by atoms with Crippen molar-refractivity contribution in [3.05, 3.63) is 45.0 Å². The minimum atomic E-state index is 0.674. The van der Waals surface area contributed by atoms with E-state index in [2.05, 4.69) is 49.8 Å². The first-order chi connectivity index (χ1) is 7.61. The molecule has 0 spiro atoms. The summed E-state index contributed by atoms with van der Waals surface area (Å²) < 4.78 is 1.63. The standard InChI is InChI=1S/C12H10Br2N2/c1-7-4-2-3-5-8(7)12-10(14)11(15)9(13)6-16-12/h2-6H,1H3,(H2,15,16). The maximum absolute atomic E-state index is 5.94. The van der Waals surface area contributed by atoms with Gasteiger partial charge in [0.05, 0.1) is 20.3 Å². The molecule has 1 heterocycles. The second-order valence-electron chi connectivity index (χ2n) is 3.50. The lowest BCUT2D eigenvalue weighted by Gasteiger charge is -2.09. The molecule has 1 aromatic carbocycles. The largest absolute Gasteiger partial charge is 0.397 e. The number of rotatable bonds is 1. The molecule has 4 heteroatoms. The molecule has 0 saturated carbocycles. The molecule has 1 aromatic heterocycles. The van der Waals surface area contributed by atoms with Gasteiger partial charge in [-0.25, -0.2) is 0 Å². The number of anilines is 1. The third-order valence-corrected chi connectivity index (χ3v) is 3.84. The van der Waals surface area contributed by atoms with Gasteiger partial charge in [-0.3, -0.25) is 4.98 Å². The van der Waals surface area contributed by atoms with E-state index in [0.29, 0.717) is 5.69 Å². The highest BCUT2D eigenvalue weighted by Crippen LogP contribution is 2.35. The maximum Gasteiger partial charge on any atom is 0.0868 e. The fourth-order valence-electron chi connectivity index (χ4n) is 1.51. The van der Waals surface area contributed by atoms with Gasteiger partial charge in [0.1, 0.15) is 0 Å². The number of hydrogen-bond donors (Lipinski definition) is 1. The van der Waals surface area contributed by atoms with Crippen LogP contribution in [0.1, 0.15) is 5.56 Å². The topological polar surface area (TPSA) is 38.9 Å². The van der Waals surface area contributed by atoms with Crippen LogP contribution in [0.15, 0.2) is 39.4 Å². The average Bonchev–Trinajstić information content (AvgIpc) is 2.28. The zero-order valence-corrected chi connectivity index (χ0v) is 11.8. The number of aromatic nitrogens is 1. The van der Waals surface area contributed by atoms with E-state index in [1.54, 1.807) is 6.20 Å². The number of aryl methyl sites for hydroxylation is 1. The third kappa shape index (κ3) is 1.99. The summed E-state index contributed by atoms with van der Waals surface area (Å²) in [6.45, 7) is 2.06. The van der Waals surface area contributed by atoms with Gasteiger partial charge in [0.25, 0.3) is 0 Å². The minimum Gasteiger partial charge on any atom is -0.397 e. The molecule has 0 radical (unpaired) electrons. The van der Waals surface area contributed by atoms with Gasteiger partial charge in [0.15, 0.2) is 0 Å². The van der Waals surface area contributed by atoms with Crippen molar-refractivity contribution in [3.63, 3.8) is 0 Å². The van der Waals surface area contributed by atoms with Crippen molar-refractivity contribution < 1.29 is 0 Å². The van der Waals surface area contributed by atoms with Gasteiger partial charge in [-0.2, -0.15) is 0 Å². The minimum absolute atomic E-state index is 0.674. The molecule has 82 valence electrons. The molecule has 16 heavy (non-hydrogen) atoms. The first-order valence-electron chi connectivity index (χ1n) is 4.76. The number of halogens is 2. The number of nitrogens with two attached hydrogens (primary N) is 1. The van der Waals surface area contributed by atoms with E-state index in [-0.39, 0.29) is 0 Å². The Hall–Kier alpha value is -0.870. The van der Waals surface area contributed by atoms with Gasteiger partial charge in [-0.15, -0.1) is 0 Å². The highest BCUT2D eigenvalue weighted by Gasteiger charge is 2.11. The first-order valence-corrected chi connectivity index (χ1v) is 6.35. The molecule has 0 atom stereocenters. The van der Waals surface area contributed by atoms with Crippen LogP contribution < -0.4 is 5.73 Å². The molecule has 0 aliphatic carbocycles. The van der Waals surface area contributed by atoms with Gasteiger partial charge in [-0.05, 0) is 44.3 Å². The van der Waals surface area contributed by atoms with Crippen LogP contribution in [-0.4, -0.2) is 4.98 Å². The quantitative estimate of drug-likeness (QED) is 0.845. The Morgan fingerprint density at radius 2 is 1.88 bits per heavy atom. The second-order valence-corrected chi connectivity index (χ2v) is 5.14. The lowest BCUT2D eigenvalue weighted by Crippen LogP contribution is -1.95. The van der Waals surface area contributed by atoms with E-state index >= 15 is 0 Å². The Balaban J connectivity index is 2.66. The van der Waals surface area contributed by atoms with Crippen LogP contribution in [0.2, 0.25) is 0 Å². The molecule has 0 saturated heterocycles. The van der Waals surface area contributed by atoms with Crippen LogP contribution in [0.4, 0.5) is 5.69 Å². The van der Waals surface area contributed by atoms with Crippen molar-refractivity contribution in [1.82, 2.24) is 4.98 Å². The lowest BCUT2D eigenvalue weighted by molar-refractivity contribution is 1.28. The van der Waals surface area contributed by atoms with Gasteiger partial charge < -0.3 is 5.73 Å². The van der Waals surface area contributed by atoms with Gasteiger partial charge >= 0.3 is 0 Å². The Morgan fingerprint density at radius 1 is 1.19 bits per heavy atom. The van der Waals surface area contributed by atoms with Crippen molar-refractivity contribution >= 4 is 37.5 Å². The number of nitrogen functional groups attached to an aromatic ring is 1. The van der Waals surface area contributed by atoms with E-state index in [9.17, 15) is 0 Å². The molecule has 0 aliphatic heterocycles. The van der Waals surface area contributed by atoms with Crippen molar-refractivity contribution in [1.29, 1.82) is 0 Å². The Kier molecular flexibility index (Phi) is 3.30. The molecule has 0 amide bonds. The molecule has 0 bridgehead atoms. The van der Waals surface area contributed by atoms with E-state index in [4.69, 9.17) is 5.73 Å². The molecule has 2 rings (SSSR count). The molecule has 2 aromatic rings. The number of pyridine rings is 1. The lowest BCUT2D eigenvalue weighted by atomic mass is 10.1. The normalized spacial score (nSPS) is 10.4. The average molecular weight is 342 g/mol. The van der Waals surface area contributed by atoms with Crippen LogP contribution in [0, 0.1) is 6.92 Å². The van der Waals surface area contributed by atoms with Gasteiger partial charge in [-0.1, -0.05) is 24.3 Å². The molecule has 2 N–H and O–H groups in total. The second kappa shape index (κ2) is 4.55. The fourth-order valence-corrected chi connectivity index (χ4v) is 2.60. The van der Waals surface area contributed by atoms with Crippen molar-refractivity contribution in [2.45, 2.75) is 6.92 Å². The zero-order valence-electron chi connectivity index (χ0n) is 8.67. The van der Waals surface area contributed by atoms with Gasteiger partial charge in [0, 0.05) is 11.8 Å². The summed E-state index contributed by atoms with van der Waals surface area (Å²) >= 11 is 6.84. The predicted molar refractivity (Wildman–Crippen MR) is 74.2 cm³/mol. The van der Waals surface area contributed by atoms with Crippen LogP contribution in [-0.2, 0) is 0 Å². The van der Waals surface area contributed by atoms with Crippen molar-refractivity contribution in [2.75, 3.05) is 5.73 Å². The van der Waals surface area contributed by atoms with Crippen LogP contribution in [0.25, 0.3) is 11.3 Å². The van der Waals surface area contributed by atoms with Gasteiger partial charge in [0.2, 0.25) is 0 Å². The SMILES string of the molecule is Cc1ccccc1-c1ncc(Br)c(N)c1Br. The molecular weight excluding hydrogens is 332 g/mol. The van der Waals surface area contributed by atoms with Crippen LogP contribution in [0.3, 0.4) is 0 Å². The van der Waals surface area contributed by atoms with E-state index in [0.717, 1.165) is 20.2 Å². The third-order valence-electron chi connectivity index (χ3n) is 2.41. The number of nitrogens with zero attached hydrogens (tertiary/aromatic N) is 1. The van der Waals surface area contributed by atoms with Crippen molar-refractivity contribution in [3.8, 4) is 11.3 Å². The van der Waals surface area contributed by atoms with E-state index in [1.165, 1.54) is 5.56 Å². The summed E-state index contributed by atoms with van der Waals surface area (Å²) in [5.74, 6) is 0. The van der Waals surface area contributed by atoms with Crippen LogP contribution in [0.5, 0.6) is 0 Å². The summed E-state index contributed by atoms with van der Waals surface area (Å²) in [7, 11) is 0. The Morgan fingerprint density at radius 3 is 2.56 bits per heavy atom. The number of benzene rings is 1. The molecular formula is C12H10Br2N2. The zero-order chi connectivity index (χ0) is 11.7. The molecule has 0 aliphatic rings. The highest BCUT2D eigenvalue weighted by molar-refractivity contribution is 9.11. The summed E-state index contributed by atoms with van der Waals surface area (Å²) in [6.07, 6.45) is 1.72. The Labute approximate surface area is 111 Å². The highest BCUT2D eigenvalue weighted by atomic mass is 79.9. The molecule has 2 nitrogen and oxygen atoms in total.